The van der Waals surface area contributed by atoms with Crippen LogP contribution in [0.2, 0.25) is 0 Å². The van der Waals surface area contributed by atoms with Crippen LogP contribution in [0, 0.1) is 0 Å². The topological polar surface area (TPSA) is 68.3 Å². The summed E-state index contributed by atoms with van der Waals surface area (Å²) in [4.78, 5) is 28.5. The number of carbonyl (C=O) groups excluding carboxylic acids is 2. The van der Waals surface area contributed by atoms with Crippen LogP contribution in [0.3, 0.4) is 0 Å². The van der Waals surface area contributed by atoms with Gasteiger partial charge in [-0.3, -0.25) is 4.79 Å². The Balaban J connectivity index is 1.64. The van der Waals surface area contributed by atoms with Crippen LogP contribution >= 0.6 is 0 Å². The average molecular weight is 439 g/mol. The first-order valence-electron chi connectivity index (χ1n) is 10.8. The summed E-state index contributed by atoms with van der Waals surface area (Å²) in [5, 5.41) is 0. The van der Waals surface area contributed by atoms with Crippen molar-refractivity contribution >= 4 is 18.0 Å². The van der Waals surface area contributed by atoms with Crippen molar-refractivity contribution in [2.24, 2.45) is 0 Å². The first kappa shape index (κ1) is 23.3. The van der Waals surface area contributed by atoms with Gasteiger partial charge in [0.2, 0.25) is 5.78 Å². The minimum atomic E-state index is -0.431. The van der Waals surface area contributed by atoms with Crippen LogP contribution in [0.5, 0.6) is 17.2 Å². The maximum atomic E-state index is 12.7. The maximum Gasteiger partial charge on any atom is 0.415 e. The number of allylic oxidation sites excluding steroid dienone is 1. The fraction of sp³-hybridized carbons (Fsp3) is 0.360. The van der Waals surface area contributed by atoms with E-state index < -0.39 is 6.09 Å². The van der Waals surface area contributed by atoms with Gasteiger partial charge in [0.25, 0.3) is 0 Å². The van der Waals surface area contributed by atoms with Crippen molar-refractivity contribution in [1.29, 1.82) is 0 Å². The molecule has 0 saturated heterocycles. The van der Waals surface area contributed by atoms with Crippen LogP contribution in [0.4, 0.5) is 4.79 Å². The van der Waals surface area contributed by atoms with E-state index in [0.29, 0.717) is 36.8 Å². The normalized spacial score (nSPS) is 13.8. The van der Waals surface area contributed by atoms with Gasteiger partial charge in [-0.15, -0.1) is 0 Å². The van der Waals surface area contributed by atoms with E-state index in [2.05, 4.69) is 4.90 Å². The van der Waals surface area contributed by atoms with Crippen LogP contribution in [0.15, 0.2) is 48.2 Å². The molecule has 0 saturated carbocycles. The zero-order chi connectivity index (χ0) is 23.1. The van der Waals surface area contributed by atoms with Gasteiger partial charge < -0.3 is 24.0 Å². The number of hydrogen-bond acceptors (Lipinski definition) is 6. The van der Waals surface area contributed by atoms with E-state index in [1.165, 1.54) is 0 Å². The molecule has 1 amide bonds. The second kappa shape index (κ2) is 10.8. The Morgan fingerprint density at radius 1 is 1.03 bits per heavy atom. The van der Waals surface area contributed by atoms with Crippen LogP contribution in [0.25, 0.3) is 6.08 Å². The molecular formula is C25H30N2O5. The molecule has 2 aromatic carbocycles. The molecular weight excluding hydrogens is 408 g/mol. The number of ketones is 1. The first-order valence-corrected chi connectivity index (χ1v) is 10.8. The highest BCUT2D eigenvalue weighted by Gasteiger charge is 2.28. The maximum absolute atomic E-state index is 12.7. The van der Waals surface area contributed by atoms with Crippen molar-refractivity contribution in [3.05, 3.63) is 59.4 Å². The molecule has 170 valence electrons. The lowest BCUT2D eigenvalue weighted by molar-refractivity contribution is 0.101. The summed E-state index contributed by atoms with van der Waals surface area (Å²) in [5.74, 6) is 1.53. The van der Waals surface area contributed by atoms with Crippen molar-refractivity contribution in [3.63, 3.8) is 0 Å². The van der Waals surface area contributed by atoms with Crippen LogP contribution in [-0.2, 0) is 0 Å². The third-order valence-electron chi connectivity index (χ3n) is 5.06. The van der Waals surface area contributed by atoms with E-state index in [0.717, 1.165) is 24.3 Å². The molecule has 0 fully saturated rings. The molecule has 0 N–H and O–H groups in total. The van der Waals surface area contributed by atoms with Gasteiger partial charge in [0.1, 0.15) is 17.2 Å². The standard InChI is InChI=1S/C25H30N2O5/c1-5-27(6-2)25(29)31-20-12-13-21-22(17-20)32-23(24(21)28)16-18-8-10-19(11-9-18)30-15-7-14-26(3)4/h8-13,16-17H,5-7,14-15H2,1-4H3/b23-16-. The van der Waals surface area contributed by atoms with Gasteiger partial charge in [-0.25, -0.2) is 4.79 Å². The van der Waals surface area contributed by atoms with E-state index in [9.17, 15) is 9.59 Å². The molecule has 32 heavy (non-hydrogen) atoms. The summed E-state index contributed by atoms with van der Waals surface area (Å²) < 4.78 is 16.9. The third kappa shape index (κ3) is 5.88. The fourth-order valence-corrected chi connectivity index (χ4v) is 3.26. The lowest BCUT2D eigenvalue weighted by Gasteiger charge is -2.17. The number of rotatable bonds is 9. The van der Waals surface area contributed by atoms with Gasteiger partial charge in [-0.05, 0) is 70.3 Å². The van der Waals surface area contributed by atoms with Crippen molar-refractivity contribution in [3.8, 4) is 17.2 Å². The van der Waals surface area contributed by atoms with Gasteiger partial charge >= 0.3 is 6.09 Å². The monoisotopic (exact) mass is 438 g/mol. The zero-order valence-corrected chi connectivity index (χ0v) is 19.1. The van der Waals surface area contributed by atoms with Gasteiger partial charge in [-0.1, -0.05) is 12.1 Å². The van der Waals surface area contributed by atoms with Crippen LogP contribution in [0.1, 0.15) is 36.2 Å². The second-order valence-corrected chi connectivity index (χ2v) is 7.71. The highest BCUT2D eigenvalue weighted by molar-refractivity contribution is 6.14. The number of benzene rings is 2. The smallest absolute Gasteiger partial charge is 0.415 e. The number of hydrogen-bond donors (Lipinski definition) is 0. The van der Waals surface area contributed by atoms with Gasteiger partial charge in [-0.2, -0.15) is 0 Å². The minimum absolute atomic E-state index is 0.203. The summed E-state index contributed by atoms with van der Waals surface area (Å²) in [7, 11) is 4.07. The number of fused-ring (bicyclic) bond motifs is 1. The van der Waals surface area contributed by atoms with Gasteiger partial charge in [0.05, 0.1) is 12.2 Å². The largest absolute Gasteiger partial charge is 0.494 e. The fourth-order valence-electron chi connectivity index (χ4n) is 3.26. The van der Waals surface area contributed by atoms with E-state index in [1.54, 1.807) is 29.2 Å². The second-order valence-electron chi connectivity index (χ2n) is 7.71. The molecule has 3 rings (SSSR count). The summed E-state index contributed by atoms with van der Waals surface area (Å²) >= 11 is 0. The number of amides is 1. The quantitative estimate of drug-likeness (QED) is 0.425. The summed E-state index contributed by atoms with van der Waals surface area (Å²) in [6, 6.07) is 12.3. The molecule has 2 aromatic rings. The summed E-state index contributed by atoms with van der Waals surface area (Å²) in [5.41, 5.74) is 1.27. The average Bonchev–Trinajstić information content (AvgIpc) is 3.07. The van der Waals surface area contributed by atoms with Crippen molar-refractivity contribution in [2.45, 2.75) is 20.3 Å². The number of nitrogens with zero attached hydrogens (tertiary/aromatic N) is 2. The number of carbonyl (C=O) groups is 2. The Kier molecular flexibility index (Phi) is 7.89. The highest BCUT2D eigenvalue weighted by Crippen LogP contribution is 2.35. The molecule has 7 nitrogen and oxygen atoms in total. The predicted octanol–water partition coefficient (Wildman–Crippen LogP) is 4.47. The van der Waals surface area contributed by atoms with Gasteiger partial charge in [0.15, 0.2) is 5.76 Å². The Morgan fingerprint density at radius 3 is 2.38 bits per heavy atom. The molecule has 1 aliphatic rings. The Hall–Kier alpha value is -3.32. The number of Topliss-reactive ketones (excluding diaryl/α,β-unsaturated/α-hetero) is 1. The molecule has 0 radical (unpaired) electrons. The van der Waals surface area contributed by atoms with Crippen molar-refractivity contribution in [1.82, 2.24) is 9.80 Å². The third-order valence-corrected chi connectivity index (χ3v) is 5.06. The summed E-state index contributed by atoms with van der Waals surface area (Å²) in [6.45, 7) is 6.51. The van der Waals surface area contributed by atoms with E-state index >= 15 is 0 Å². The predicted molar refractivity (Wildman–Crippen MR) is 123 cm³/mol. The molecule has 0 aromatic heterocycles. The molecule has 1 heterocycles. The molecule has 0 atom stereocenters. The van der Waals surface area contributed by atoms with Gasteiger partial charge in [0, 0.05) is 25.7 Å². The zero-order valence-electron chi connectivity index (χ0n) is 19.1. The lowest BCUT2D eigenvalue weighted by Crippen LogP contribution is -2.33. The molecule has 1 aliphatic heterocycles. The number of ether oxygens (including phenoxy) is 3. The van der Waals surface area contributed by atoms with Crippen molar-refractivity contribution < 1.29 is 23.8 Å². The Morgan fingerprint density at radius 2 is 1.72 bits per heavy atom. The molecule has 0 aliphatic carbocycles. The minimum Gasteiger partial charge on any atom is -0.494 e. The Bertz CT molecular complexity index is 978. The molecule has 0 bridgehead atoms. The molecule has 0 unspecified atom stereocenters. The molecule has 0 spiro atoms. The molecule has 7 heteroatoms. The van der Waals surface area contributed by atoms with Crippen LogP contribution < -0.4 is 14.2 Å². The van der Waals surface area contributed by atoms with Crippen LogP contribution in [-0.4, -0.2) is 62.0 Å². The SMILES string of the molecule is CCN(CC)C(=O)Oc1ccc2c(c1)O/C(=C\c1ccc(OCCCN(C)C)cc1)C2=O. The highest BCUT2D eigenvalue weighted by atomic mass is 16.6. The van der Waals surface area contributed by atoms with E-state index in [1.807, 2.05) is 52.2 Å². The lowest BCUT2D eigenvalue weighted by atomic mass is 10.1. The summed E-state index contributed by atoms with van der Waals surface area (Å²) in [6.07, 6.45) is 2.21. The van der Waals surface area contributed by atoms with E-state index in [4.69, 9.17) is 14.2 Å². The Labute approximate surface area is 189 Å². The van der Waals surface area contributed by atoms with E-state index in [-0.39, 0.29) is 11.5 Å². The first-order chi connectivity index (χ1) is 15.4. The van der Waals surface area contributed by atoms with Crippen molar-refractivity contribution in [2.75, 3.05) is 40.3 Å².